The molecular formula is C15H23CeO7. The first kappa shape index (κ1) is 33.5. The fraction of sp³-hybridized carbons (Fsp3) is 0.400. The molecule has 0 amide bonds. The molecule has 23 heavy (non-hydrogen) atoms. The number of hydrogen-bond donors (Lipinski definition) is 0. The van der Waals surface area contributed by atoms with Gasteiger partial charge in [0.15, 0.2) is 17.3 Å². The summed E-state index contributed by atoms with van der Waals surface area (Å²) in [5, 5.41) is 29.9. The van der Waals surface area contributed by atoms with Gasteiger partial charge in [0.1, 0.15) is 0 Å². The number of rotatable bonds is 3. The zero-order chi connectivity index (χ0) is 17.6. The molecule has 0 aliphatic carbocycles. The standard InChI is InChI=1S/3C5H8O2.Ce.H2O/c3*1-4(6)3-5(2)7;;/h3*3,6H,1-2H3;;1H2/q;;;+3;/p-3. The zero-order valence-corrected chi connectivity index (χ0v) is 17.3. The van der Waals surface area contributed by atoms with Crippen LogP contribution < -0.4 is 15.3 Å². The van der Waals surface area contributed by atoms with Crippen molar-refractivity contribution in [1.29, 1.82) is 0 Å². The van der Waals surface area contributed by atoms with E-state index in [2.05, 4.69) is 0 Å². The van der Waals surface area contributed by atoms with Crippen LogP contribution in [0.4, 0.5) is 0 Å². The SMILES string of the molecule is CC(=O)C=C(C)[O-].CC(=O)C=C(C)[O-].CC(=O)C=C(C)[O-].O.[Ce+3]. The molecule has 0 atom stereocenters. The van der Waals surface area contributed by atoms with Gasteiger partial charge in [0, 0.05) is 0 Å². The third-order valence-corrected chi connectivity index (χ3v) is 1.22. The number of carbonyl (C=O) groups is 3. The molecule has 8 heteroatoms. The number of allylic oxidation sites excluding steroid dienone is 6. The number of ketones is 3. The molecule has 0 aromatic carbocycles. The van der Waals surface area contributed by atoms with Crippen molar-refractivity contribution < 1.29 is 76.9 Å². The van der Waals surface area contributed by atoms with E-state index in [9.17, 15) is 29.7 Å². The largest absolute Gasteiger partial charge is 3.00 e. The van der Waals surface area contributed by atoms with Crippen LogP contribution in [0.2, 0.25) is 0 Å². The van der Waals surface area contributed by atoms with Gasteiger partial charge in [0.2, 0.25) is 0 Å². The van der Waals surface area contributed by atoms with Crippen LogP contribution in [0.3, 0.4) is 0 Å². The molecule has 0 aromatic heterocycles. The quantitative estimate of drug-likeness (QED) is 0.381. The molecule has 2 N–H and O–H groups in total. The van der Waals surface area contributed by atoms with Crippen molar-refractivity contribution in [2.24, 2.45) is 0 Å². The Balaban J connectivity index is -0.0000000675. The van der Waals surface area contributed by atoms with Crippen LogP contribution in [-0.4, -0.2) is 22.8 Å². The predicted octanol–water partition coefficient (Wildman–Crippen LogP) is -1.31. The van der Waals surface area contributed by atoms with Gasteiger partial charge in [0.25, 0.3) is 0 Å². The summed E-state index contributed by atoms with van der Waals surface area (Å²) in [7, 11) is 0. The van der Waals surface area contributed by atoms with Gasteiger partial charge < -0.3 is 20.8 Å². The molecule has 0 aromatic rings. The van der Waals surface area contributed by atoms with E-state index < -0.39 is 0 Å². The Labute approximate surface area is 170 Å². The summed E-state index contributed by atoms with van der Waals surface area (Å²) in [5.41, 5.74) is 0. The van der Waals surface area contributed by atoms with Crippen molar-refractivity contribution >= 4 is 17.3 Å². The second-order valence-electron chi connectivity index (χ2n) is 4.10. The fourth-order valence-corrected chi connectivity index (χ4v) is 0.859. The maximum Gasteiger partial charge on any atom is 3.00 e. The summed E-state index contributed by atoms with van der Waals surface area (Å²) >= 11 is 0. The van der Waals surface area contributed by atoms with Crippen LogP contribution in [0.15, 0.2) is 35.5 Å². The fourth-order valence-electron chi connectivity index (χ4n) is 0.859. The summed E-state index contributed by atoms with van der Waals surface area (Å²) in [6.45, 7) is 8.09. The van der Waals surface area contributed by atoms with Crippen LogP contribution in [0.25, 0.3) is 0 Å². The van der Waals surface area contributed by atoms with Gasteiger partial charge in [-0.05, 0) is 39.0 Å². The van der Waals surface area contributed by atoms with Crippen molar-refractivity contribution in [2.45, 2.75) is 41.5 Å². The molecule has 0 fully saturated rings. The van der Waals surface area contributed by atoms with Crippen LogP contribution in [0.1, 0.15) is 41.5 Å². The first-order valence-corrected chi connectivity index (χ1v) is 5.96. The van der Waals surface area contributed by atoms with Crippen molar-refractivity contribution in [3.63, 3.8) is 0 Å². The van der Waals surface area contributed by atoms with E-state index in [1.165, 1.54) is 41.5 Å². The molecule has 0 heterocycles. The number of carbonyl (C=O) groups excluding carboxylic acids is 3. The topological polar surface area (TPSA) is 152 Å². The van der Waals surface area contributed by atoms with Crippen molar-refractivity contribution in [1.82, 2.24) is 0 Å². The zero-order valence-electron chi connectivity index (χ0n) is 14.2. The van der Waals surface area contributed by atoms with E-state index in [-0.39, 0.29) is 81.9 Å². The average molecular weight is 455 g/mol. The molecule has 7 nitrogen and oxygen atoms in total. The molecule has 0 saturated heterocycles. The Bertz CT molecular complexity index is 370. The Morgan fingerprint density at radius 3 is 0.696 bits per heavy atom. The summed E-state index contributed by atoms with van der Waals surface area (Å²) in [6.07, 6.45) is 3.17. The van der Waals surface area contributed by atoms with Crippen LogP contribution in [0, 0.1) is 41.7 Å². The van der Waals surface area contributed by atoms with Gasteiger partial charge in [-0.1, -0.05) is 20.8 Å². The first-order chi connectivity index (χ1) is 9.38. The molecule has 0 aliphatic heterocycles. The van der Waals surface area contributed by atoms with Crippen molar-refractivity contribution in [3.8, 4) is 0 Å². The Morgan fingerprint density at radius 2 is 0.696 bits per heavy atom. The monoisotopic (exact) mass is 455 g/mol. The summed E-state index contributed by atoms with van der Waals surface area (Å²) < 4.78 is 0. The molecule has 0 aliphatic rings. The van der Waals surface area contributed by atoms with E-state index in [1.54, 1.807) is 0 Å². The van der Waals surface area contributed by atoms with E-state index >= 15 is 0 Å². The van der Waals surface area contributed by atoms with Crippen molar-refractivity contribution in [2.75, 3.05) is 0 Å². The van der Waals surface area contributed by atoms with Gasteiger partial charge in [-0.15, -0.1) is 17.3 Å². The Hall–Kier alpha value is -1.03. The van der Waals surface area contributed by atoms with Crippen LogP contribution in [0.5, 0.6) is 0 Å². The smallest absolute Gasteiger partial charge is 0.876 e. The second kappa shape index (κ2) is 21.0. The third-order valence-electron chi connectivity index (χ3n) is 1.22. The van der Waals surface area contributed by atoms with Gasteiger partial charge in [-0.2, -0.15) is 0 Å². The van der Waals surface area contributed by atoms with Crippen LogP contribution in [-0.2, 0) is 14.4 Å². The van der Waals surface area contributed by atoms with Crippen molar-refractivity contribution in [3.05, 3.63) is 35.5 Å². The predicted molar refractivity (Wildman–Crippen MR) is 76.9 cm³/mol. The Kier molecular flexibility index (Phi) is 30.6. The minimum Gasteiger partial charge on any atom is -0.876 e. The van der Waals surface area contributed by atoms with E-state index in [0.717, 1.165) is 18.2 Å². The molecule has 0 saturated carbocycles. The normalized spacial score (nSPS) is 10.4. The first-order valence-electron chi connectivity index (χ1n) is 5.96. The molecule has 0 unspecified atom stereocenters. The molecule has 0 bridgehead atoms. The van der Waals surface area contributed by atoms with Gasteiger partial charge in [-0.25, -0.2) is 0 Å². The van der Waals surface area contributed by atoms with Gasteiger partial charge in [-0.3, -0.25) is 14.4 Å². The molecule has 0 rings (SSSR count). The average Bonchev–Trinajstić information content (AvgIpc) is 2.10. The molecule has 129 valence electrons. The summed E-state index contributed by atoms with van der Waals surface area (Å²) in [6, 6.07) is 0. The second-order valence-corrected chi connectivity index (χ2v) is 4.10. The minimum absolute atomic E-state index is 0. The molecule has 0 spiro atoms. The minimum atomic E-state index is -0.187. The number of hydrogen-bond acceptors (Lipinski definition) is 6. The maximum atomic E-state index is 9.98. The van der Waals surface area contributed by atoms with E-state index in [1.807, 2.05) is 0 Å². The van der Waals surface area contributed by atoms with E-state index in [0.29, 0.717) is 0 Å². The third kappa shape index (κ3) is 62.7. The molecular weight excluding hydrogens is 432 g/mol. The molecule has 1 radical (unpaired) electrons. The van der Waals surface area contributed by atoms with Gasteiger partial charge in [0.05, 0.1) is 0 Å². The maximum absolute atomic E-state index is 9.98. The Morgan fingerprint density at radius 1 is 0.565 bits per heavy atom. The van der Waals surface area contributed by atoms with Gasteiger partial charge >= 0.3 is 41.7 Å². The van der Waals surface area contributed by atoms with E-state index in [4.69, 9.17) is 0 Å². The van der Waals surface area contributed by atoms with Crippen LogP contribution >= 0.6 is 0 Å². The summed E-state index contributed by atoms with van der Waals surface area (Å²) in [5.74, 6) is -1.12. The summed E-state index contributed by atoms with van der Waals surface area (Å²) in [4.78, 5) is 29.9.